The van der Waals surface area contributed by atoms with Crippen LogP contribution in [0.5, 0.6) is 0 Å². The highest BCUT2D eigenvalue weighted by atomic mass is 16.2. The molecule has 2 aromatic carbocycles. The largest absolute Gasteiger partial charge is 0.329 e. The maximum Gasteiger partial charge on any atom is 0.329 e. The zero-order valence-corrected chi connectivity index (χ0v) is 13.6. The number of amides is 2. The summed E-state index contributed by atoms with van der Waals surface area (Å²) >= 11 is 0. The Morgan fingerprint density at radius 2 is 1.75 bits per heavy atom. The average molecular weight is 321 g/mol. The lowest BCUT2D eigenvalue weighted by atomic mass is 10.1. The molecular weight excluding hydrogens is 302 g/mol. The Kier molecular flexibility index (Phi) is 6.02. The Morgan fingerprint density at radius 3 is 2.46 bits per heavy atom. The Labute approximate surface area is 141 Å². The first-order valence-corrected chi connectivity index (χ1v) is 7.49. The first-order valence-electron chi connectivity index (χ1n) is 7.49. The van der Waals surface area contributed by atoms with Crippen LogP contribution in [0.4, 0.5) is 5.69 Å². The van der Waals surface area contributed by atoms with Crippen molar-refractivity contribution in [2.45, 2.75) is 13.8 Å². The minimum absolute atomic E-state index is 0.569. The number of carbonyl (C=O) groups excluding carboxylic acids is 2. The van der Waals surface area contributed by atoms with Crippen molar-refractivity contribution in [2.24, 2.45) is 5.10 Å². The lowest BCUT2D eigenvalue weighted by Gasteiger charge is -2.04. The molecular formula is C19H19N3O2. The molecule has 2 rings (SSSR count). The third-order valence-corrected chi connectivity index (χ3v) is 3.11. The van der Waals surface area contributed by atoms with E-state index in [4.69, 9.17) is 0 Å². The third kappa shape index (κ3) is 5.53. The molecule has 5 heteroatoms. The molecule has 24 heavy (non-hydrogen) atoms. The van der Waals surface area contributed by atoms with E-state index in [2.05, 4.69) is 15.8 Å². The molecule has 0 aliphatic carbocycles. The Hall–Kier alpha value is -3.21. The first-order chi connectivity index (χ1) is 11.5. The van der Waals surface area contributed by atoms with Gasteiger partial charge in [0.25, 0.3) is 0 Å². The van der Waals surface area contributed by atoms with Gasteiger partial charge in [-0.05, 0) is 42.7 Å². The normalized spacial score (nSPS) is 11.3. The molecule has 0 aliphatic heterocycles. The fraction of sp³-hybridized carbons (Fsp3) is 0.105. The molecule has 122 valence electrons. The predicted octanol–water partition coefficient (Wildman–Crippen LogP) is 3.14. The fourth-order valence-corrected chi connectivity index (χ4v) is 2.00. The molecule has 0 fully saturated rings. The van der Waals surface area contributed by atoms with Gasteiger partial charge in [-0.15, -0.1) is 0 Å². The van der Waals surface area contributed by atoms with Gasteiger partial charge in [-0.1, -0.05) is 48.5 Å². The summed E-state index contributed by atoms with van der Waals surface area (Å²) in [6, 6.07) is 16.9. The number of nitrogens with one attached hydrogen (secondary N) is 2. The van der Waals surface area contributed by atoms with Crippen LogP contribution >= 0.6 is 0 Å². The zero-order valence-electron chi connectivity index (χ0n) is 13.6. The number of anilines is 1. The highest BCUT2D eigenvalue weighted by molar-refractivity contribution is 6.39. The van der Waals surface area contributed by atoms with E-state index in [1.807, 2.05) is 56.3 Å². The van der Waals surface area contributed by atoms with Gasteiger partial charge in [0, 0.05) is 5.69 Å². The molecule has 0 saturated carbocycles. The van der Waals surface area contributed by atoms with Crippen molar-refractivity contribution in [2.75, 3.05) is 5.32 Å². The van der Waals surface area contributed by atoms with Crippen LogP contribution < -0.4 is 10.7 Å². The van der Waals surface area contributed by atoms with Gasteiger partial charge in [0.15, 0.2) is 0 Å². The molecule has 2 amide bonds. The number of aryl methyl sites for hydroxylation is 1. The van der Waals surface area contributed by atoms with Crippen molar-refractivity contribution in [3.63, 3.8) is 0 Å². The summed E-state index contributed by atoms with van der Waals surface area (Å²) in [5, 5.41) is 6.31. The molecule has 2 aromatic rings. The quantitative estimate of drug-likeness (QED) is 0.516. The topological polar surface area (TPSA) is 70.6 Å². The summed E-state index contributed by atoms with van der Waals surface area (Å²) in [4.78, 5) is 23.5. The van der Waals surface area contributed by atoms with Crippen molar-refractivity contribution in [1.29, 1.82) is 0 Å². The van der Waals surface area contributed by atoms with Crippen LogP contribution in [-0.2, 0) is 9.59 Å². The minimum atomic E-state index is -0.819. The number of rotatable bonds is 4. The molecule has 0 unspecified atom stereocenters. The highest BCUT2D eigenvalue weighted by Crippen LogP contribution is 2.09. The van der Waals surface area contributed by atoms with Gasteiger partial charge in [0.1, 0.15) is 0 Å². The fourth-order valence-electron chi connectivity index (χ4n) is 2.00. The van der Waals surface area contributed by atoms with E-state index in [9.17, 15) is 9.59 Å². The maximum absolute atomic E-state index is 11.8. The lowest BCUT2D eigenvalue weighted by molar-refractivity contribution is -0.136. The molecule has 0 saturated heterocycles. The Balaban J connectivity index is 1.88. The summed E-state index contributed by atoms with van der Waals surface area (Å²) in [5.74, 6) is -1.58. The molecule has 0 atom stereocenters. The van der Waals surface area contributed by atoms with Crippen molar-refractivity contribution in [1.82, 2.24) is 5.43 Å². The molecule has 0 bridgehead atoms. The predicted molar refractivity (Wildman–Crippen MR) is 96.5 cm³/mol. The number of hydrogen-bond donors (Lipinski definition) is 2. The Bertz CT molecular complexity index is 780. The van der Waals surface area contributed by atoms with Gasteiger partial charge < -0.3 is 5.32 Å². The molecule has 2 N–H and O–H groups in total. The van der Waals surface area contributed by atoms with Crippen molar-refractivity contribution in [3.8, 4) is 0 Å². The van der Waals surface area contributed by atoms with Gasteiger partial charge in [-0.3, -0.25) is 9.59 Å². The minimum Gasteiger partial charge on any atom is -0.318 e. The van der Waals surface area contributed by atoms with E-state index < -0.39 is 11.8 Å². The Morgan fingerprint density at radius 1 is 1.00 bits per heavy atom. The molecule has 0 aromatic heterocycles. The summed E-state index contributed by atoms with van der Waals surface area (Å²) in [5.41, 5.74) is 5.65. The second-order valence-electron chi connectivity index (χ2n) is 5.32. The van der Waals surface area contributed by atoms with Crippen molar-refractivity contribution < 1.29 is 9.59 Å². The SMILES string of the molecule is CC(/C=N/NC(=O)C(=O)Nc1cccc(C)c1)=C\c1ccccc1. The number of nitrogens with zero attached hydrogens (tertiary/aromatic N) is 1. The maximum atomic E-state index is 11.8. The van der Waals surface area contributed by atoms with Crippen LogP contribution in [0.15, 0.2) is 65.3 Å². The van der Waals surface area contributed by atoms with Crippen LogP contribution in [0.25, 0.3) is 6.08 Å². The summed E-state index contributed by atoms with van der Waals surface area (Å²) in [7, 11) is 0. The van der Waals surface area contributed by atoms with E-state index in [0.717, 1.165) is 16.7 Å². The molecule has 5 nitrogen and oxygen atoms in total. The standard InChI is InChI=1S/C19H19N3O2/c1-14-7-6-10-17(12-14)21-18(23)19(24)22-20-13-15(2)11-16-8-4-3-5-9-16/h3-13H,1-2H3,(H,21,23)(H,22,24)/b15-11+,20-13+. The molecule has 0 spiro atoms. The number of hydrogen-bond acceptors (Lipinski definition) is 3. The summed E-state index contributed by atoms with van der Waals surface area (Å²) in [6.45, 7) is 3.76. The molecule has 0 radical (unpaired) electrons. The van der Waals surface area contributed by atoms with Crippen molar-refractivity contribution >= 4 is 29.8 Å². The van der Waals surface area contributed by atoms with Gasteiger partial charge in [-0.2, -0.15) is 5.10 Å². The summed E-state index contributed by atoms with van der Waals surface area (Å²) in [6.07, 6.45) is 3.41. The average Bonchev–Trinajstić information content (AvgIpc) is 2.55. The summed E-state index contributed by atoms with van der Waals surface area (Å²) < 4.78 is 0. The van der Waals surface area contributed by atoms with Crippen LogP contribution in [0.1, 0.15) is 18.1 Å². The first kappa shape index (κ1) is 17.1. The van der Waals surface area contributed by atoms with Gasteiger partial charge in [0.2, 0.25) is 0 Å². The van der Waals surface area contributed by atoms with Crippen molar-refractivity contribution in [3.05, 3.63) is 71.3 Å². The monoisotopic (exact) mass is 321 g/mol. The second-order valence-corrected chi connectivity index (χ2v) is 5.32. The van der Waals surface area contributed by atoms with Gasteiger partial charge in [0.05, 0.1) is 6.21 Å². The number of carbonyl (C=O) groups is 2. The van der Waals surface area contributed by atoms with E-state index in [0.29, 0.717) is 5.69 Å². The van der Waals surface area contributed by atoms with Gasteiger partial charge >= 0.3 is 11.8 Å². The highest BCUT2D eigenvalue weighted by Gasteiger charge is 2.12. The third-order valence-electron chi connectivity index (χ3n) is 3.11. The second kappa shape index (κ2) is 8.43. The number of allylic oxidation sites excluding steroid dienone is 1. The zero-order chi connectivity index (χ0) is 17.4. The number of hydrazone groups is 1. The van der Waals surface area contributed by atoms with Crippen LogP contribution in [0.2, 0.25) is 0 Å². The molecule has 0 heterocycles. The van der Waals surface area contributed by atoms with E-state index in [1.165, 1.54) is 6.21 Å². The van der Waals surface area contributed by atoms with E-state index in [1.54, 1.807) is 18.2 Å². The van der Waals surface area contributed by atoms with Crippen LogP contribution in [-0.4, -0.2) is 18.0 Å². The van der Waals surface area contributed by atoms with Crippen LogP contribution in [0, 0.1) is 6.92 Å². The van der Waals surface area contributed by atoms with E-state index >= 15 is 0 Å². The smallest absolute Gasteiger partial charge is 0.318 e. The lowest BCUT2D eigenvalue weighted by Crippen LogP contribution is -2.32. The van der Waals surface area contributed by atoms with Gasteiger partial charge in [-0.25, -0.2) is 5.43 Å². The molecule has 0 aliphatic rings. The number of benzene rings is 2. The van der Waals surface area contributed by atoms with E-state index in [-0.39, 0.29) is 0 Å². The van der Waals surface area contributed by atoms with Crippen LogP contribution in [0.3, 0.4) is 0 Å².